The minimum Gasteiger partial charge on any atom is -0.507 e. The van der Waals surface area contributed by atoms with Gasteiger partial charge in [-0.15, -0.1) is 29.3 Å². The largest absolute Gasteiger partial charge is 0.507 e. The molecule has 0 atom stereocenters. The van der Waals surface area contributed by atoms with Crippen LogP contribution >= 0.6 is 0 Å². The normalized spacial score (nSPS) is 15.4. The Morgan fingerprint density at radius 2 is 1.26 bits per heavy atom. The smallest absolute Gasteiger partial charge is 0.148 e. The van der Waals surface area contributed by atoms with Crippen molar-refractivity contribution in [3.8, 4) is 67.5 Å². The fourth-order valence-electron chi connectivity index (χ4n) is 8.48. The molecule has 0 aliphatic rings. The number of hydrogen-bond acceptors (Lipinski definition) is 3. The van der Waals surface area contributed by atoms with E-state index in [9.17, 15) is 6.48 Å². The molecule has 0 saturated carbocycles. The number of para-hydroxylation sites is 1. The van der Waals surface area contributed by atoms with Crippen molar-refractivity contribution >= 4 is 11.0 Å². The van der Waals surface area contributed by atoms with E-state index in [0.717, 1.165) is 55.7 Å². The third-order valence-electron chi connectivity index (χ3n) is 12.3. The molecule has 6 aromatic carbocycles. The molecule has 1 N–H and O–H groups in total. The second-order valence-electron chi connectivity index (χ2n) is 20.7. The van der Waals surface area contributed by atoms with Crippen LogP contribution in [0.5, 0.6) is 5.75 Å². The first kappa shape index (κ1) is 36.5. The first-order valence-corrected chi connectivity index (χ1v) is 22.3. The van der Waals surface area contributed by atoms with Crippen LogP contribution in [0.3, 0.4) is 0 Å². The van der Waals surface area contributed by atoms with Gasteiger partial charge >= 0.3 is 0 Å². The SMILES string of the molecule is [2H]C(C)(C)c1cc(-n2c(-c3cc(C(C)(C)C)cc(C(C)(C)C)c3O)nc3c(-c4[c-]c(-c5cc(-c6ccc(C(C([2H])([2H])[2H])(C([2H])([2H])[2H])C([2H])([2H])[2H])cc6)ccn5)cc(C(C)(C)C)c4)cccc32)ccc1-c1ccccc1.[Pt]. The maximum Gasteiger partial charge on any atom is 0.148 e. The number of phenols is 1. The summed E-state index contributed by atoms with van der Waals surface area (Å²) in [6.07, 6.45) is 1.65. The zero-order chi connectivity index (χ0) is 55.2. The van der Waals surface area contributed by atoms with E-state index in [1.807, 2.05) is 56.3 Å². The average molecular weight is 1060 g/mol. The maximum atomic E-state index is 12.5. The van der Waals surface area contributed by atoms with Crippen molar-refractivity contribution in [2.45, 2.75) is 124 Å². The monoisotopic (exact) mass is 1060 g/mol. The summed E-state index contributed by atoms with van der Waals surface area (Å²) in [5.41, 5.74) is 8.03. The zero-order valence-corrected chi connectivity index (χ0v) is 42.1. The van der Waals surface area contributed by atoms with E-state index in [1.165, 1.54) is 12.1 Å². The van der Waals surface area contributed by atoms with Gasteiger partial charge in [-0.05, 0) is 96.8 Å². The standard InChI is InChI=1S/C61H66N3O.Pt/c1-38(2)50-37-47(27-28-48(50)40-19-16-15-17-20-40)64-54-22-18-21-49(55(54)63-57(64)51-35-46(60(9,10)11)36-52(56(51)65)61(12,13)14)42-31-43(33-45(32-42)59(6,7)8)53-34-41(29-30-62-53)39-23-25-44(26-24-39)58(3,4)5;/h15-30,32-38,65H,1-14H3;/q-1;/i3D3,4D3,5D3,38D;. The molecule has 2 heterocycles. The van der Waals surface area contributed by atoms with Crippen LogP contribution in [0.25, 0.3) is 72.7 Å². The molecule has 2 aromatic heterocycles. The van der Waals surface area contributed by atoms with Crippen LogP contribution in [-0.2, 0) is 42.7 Å². The van der Waals surface area contributed by atoms with E-state index < -0.39 is 37.3 Å². The molecule has 0 bridgehead atoms. The van der Waals surface area contributed by atoms with Gasteiger partial charge in [0.05, 0.1) is 16.6 Å². The van der Waals surface area contributed by atoms with Gasteiger partial charge in [-0.1, -0.05) is 193 Å². The summed E-state index contributed by atoms with van der Waals surface area (Å²) >= 11 is 0. The summed E-state index contributed by atoms with van der Waals surface area (Å²) in [6, 6.07) is 43.7. The van der Waals surface area contributed by atoms with Gasteiger partial charge in [-0.3, -0.25) is 9.55 Å². The number of benzene rings is 6. The van der Waals surface area contributed by atoms with E-state index in [1.54, 1.807) is 24.4 Å². The summed E-state index contributed by atoms with van der Waals surface area (Å²) < 4.78 is 85.4. The van der Waals surface area contributed by atoms with Crippen LogP contribution in [0.15, 0.2) is 134 Å². The Labute approximate surface area is 422 Å². The Morgan fingerprint density at radius 1 is 0.591 bits per heavy atom. The number of aromatic nitrogens is 3. The molecule has 0 saturated heterocycles. The van der Waals surface area contributed by atoms with Crippen molar-refractivity contribution in [2.24, 2.45) is 0 Å². The Kier molecular flexibility index (Phi) is 9.92. The fourth-order valence-corrected chi connectivity index (χ4v) is 8.48. The summed E-state index contributed by atoms with van der Waals surface area (Å²) in [4.78, 5) is 10.4. The Hall–Kier alpha value is -5.57. The van der Waals surface area contributed by atoms with Crippen LogP contribution in [0, 0.1) is 6.07 Å². The van der Waals surface area contributed by atoms with Crippen molar-refractivity contribution in [3.05, 3.63) is 167 Å². The van der Waals surface area contributed by atoms with Gasteiger partial charge in [-0.25, -0.2) is 4.98 Å². The Morgan fingerprint density at radius 3 is 1.89 bits per heavy atom. The zero-order valence-electron chi connectivity index (χ0n) is 49.8. The predicted octanol–water partition coefficient (Wildman–Crippen LogP) is 16.6. The average Bonchev–Trinajstić information content (AvgIpc) is 3.69. The van der Waals surface area contributed by atoms with Gasteiger partial charge in [0.25, 0.3) is 0 Å². The molecule has 8 aromatic rings. The molecular formula is C61H66N3OPt-. The first-order chi connectivity index (χ1) is 34.5. The minimum atomic E-state index is -3.38. The molecular weight excluding hydrogens is 986 g/mol. The first-order valence-electron chi connectivity index (χ1n) is 27.3. The molecule has 8 rings (SSSR count). The van der Waals surface area contributed by atoms with Crippen molar-refractivity contribution in [3.63, 3.8) is 0 Å². The number of hydrogen-bond donors (Lipinski definition) is 1. The number of nitrogens with zero attached hydrogens (tertiary/aromatic N) is 3. The number of pyridine rings is 1. The van der Waals surface area contributed by atoms with Crippen LogP contribution in [0.4, 0.5) is 0 Å². The summed E-state index contributed by atoms with van der Waals surface area (Å²) in [6.45, 7) is 12.8. The fraction of sp³-hybridized carbons (Fsp3) is 0.311. The van der Waals surface area contributed by atoms with Gasteiger partial charge in [0.1, 0.15) is 11.6 Å². The van der Waals surface area contributed by atoms with Crippen LogP contribution in [0.2, 0.25) is 0 Å². The number of rotatable bonds is 7. The number of phenolic OH excluding ortho intramolecular Hbond substituents is 1. The summed E-state index contributed by atoms with van der Waals surface area (Å²) in [5, 5.41) is 12.5. The van der Waals surface area contributed by atoms with Gasteiger partial charge in [-0.2, -0.15) is 0 Å². The molecule has 5 heteroatoms. The second kappa shape index (κ2) is 17.9. The Balaban J connectivity index is 0.00000840. The summed E-state index contributed by atoms with van der Waals surface area (Å²) in [5.74, 6) is -0.310. The van der Waals surface area contributed by atoms with Crippen LogP contribution in [0.1, 0.15) is 144 Å². The van der Waals surface area contributed by atoms with E-state index in [4.69, 9.17) is 22.3 Å². The van der Waals surface area contributed by atoms with E-state index in [2.05, 4.69) is 128 Å². The second-order valence-corrected chi connectivity index (χ2v) is 20.7. The van der Waals surface area contributed by atoms with Crippen molar-refractivity contribution < 1.29 is 39.9 Å². The summed E-state index contributed by atoms with van der Waals surface area (Å²) in [7, 11) is 0. The topological polar surface area (TPSA) is 50.9 Å². The van der Waals surface area contributed by atoms with Crippen molar-refractivity contribution in [1.29, 1.82) is 0 Å². The van der Waals surface area contributed by atoms with E-state index in [-0.39, 0.29) is 43.2 Å². The predicted molar refractivity (Wildman–Crippen MR) is 275 cm³/mol. The molecule has 0 fully saturated rings. The molecule has 0 spiro atoms. The number of fused-ring (bicyclic) bond motifs is 1. The third kappa shape index (κ3) is 9.63. The van der Waals surface area contributed by atoms with Crippen molar-refractivity contribution in [1.82, 2.24) is 14.5 Å². The van der Waals surface area contributed by atoms with Crippen LogP contribution in [-0.4, -0.2) is 19.6 Å². The van der Waals surface area contributed by atoms with Gasteiger partial charge in [0.15, 0.2) is 0 Å². The van der Waals surface area contributed by atoms with Gasteiger partial charge < -0.3 is 5.11 Å². The quantitative estimate of drug-likeness (QED) is 0.162. The Bertz CT molecular complexity index is 3400. The van der Waals surface area contributed by atoms with Gasteiger partial charge in [0, 0.05) is 57.9 Å². The molecule has 0 aliphatic heterocycles. The maximum absolute atomic E-state index is 12.5. The van der Waals surface area contributed by atoms with E-state index in [0.29, 0.717) is 39.3 Å². The van der Waals surface area contributed by atoms with E-state index >= 15 is 0 Å². The molecule has 4 nitrogen and oxygen atoms in total. The third-order valence-corrected chi connectivity index (χ3v) is 12.3. The van der Waals surface area contributed by atoms with Crippen LogP contribution < -0.4 is 0 Å². The number of aromatic hydroxyl groups is 1. The number of imidazole rings is 1. The van der Waals surface area contributed by atoms with Gasteiger partial charge in [0.2, 0.25) is 0 Å². The molecule has 0 amide bonds. The molecule has 0 radical (unpaired) electrons. The molecule has 342 valence electrons. The molecule has 0 unspecified atom stereocenters. The van der Waals surface area contributed by atoms with Crippen molar-refractivity contribution in [2.75, 3.05) is 0 Å². The minimum absolute atomic E-state index is 0. The molecule has 0 aliphatic carbocycles. The molecule has 66 heavy (non-hydrogen) atoms.